The van der Waals surface area contributed by atoms with Crippen molar-refractivity contribution in [2.45, 2.75) is 12.8 Å². The maximum atomic E-state index is 2.50. The van der Waals surface area contributed by atoms with Crippen molar-refractivity contribution in [2.75, 3.05) is 31.6 Å². The zero-order chi connectivity index (χ0) is 11.0. The van der Waals surface area contributed by atoms with Crippen LogP contribution in [-0.4, -0.2) is 31.6 Å². The minimum Gasteiger partial charge on any atom is -0.343 e. The molecule has 0 amide bonds. The Morgan fingerprint density at radius 2 is 2.00 bits per heavy atom. The summed E-state index contributed by atoms with van der Waals surface area (Å²) in [6, 6.07) is 8.84. The largest absolute Gasteiger partial charge is 0.343 e. The minimum absolute atomic E-state index is 1.09. The normalized spacial score (nSPS) is 20.8. The van der Waals surface area contributed by atoms with Gasteiger partial charge in [-0.3, -0.25) is 4.90 Å². The summed E-state index contributed by atoms with van der Waals surface area (Å²) in [5, 5.41) is 0. The molecule has 1 aromatic carbocycles. The second-order valence-electron chi connectivity index (χ2n) is 4.75. The molecule has 0 bridgehead atoms. The molecular weight excluding hydrogens is 196 g/mol. The Hall–Kier alpha value is -1.28. The molecule has 0 aromatic heterocycles. The van der Waals surface area contributed by atoms with Crippen molar-refractivity contribution in [1.29, 1.82) is 0 Å². The van der Waals surface area contributed by atoms with E-state index in [1.807, 2.05) is 0 Å². The number of allylic oxidation sites excluding steroid dienone is 1. The predicted molar refractivity (Wildman–Crippen MR) is 67.7 cm³/mol. The lowest BCUT2D eigenvalue weighted by atomic mass is 10.1. The number of benzene rings is 1. The van der Waals surface area contributed by atoms with Gasteiger partial charge in [-0.15, -0.1) is 0 Å². The van der Waals surface area contributed by atoms with Gasteiger partial charge in [0, 0.05) is 31.0 Å². The second kappa shape index (κ2) is 3.95. The van der Waals surface area contributed by atoms with Gasteiger partial charge in [-0.05, 0) is 31.5 Å². The van der Waals surface area contributed by atoms with Crippen LogP contribution in [0.4, 0.5) is 5.69 Å². The van der Waals surface area contributed by atoms with Crippen LogP contribution in [0.1, 0.15) is 12.0 Å². The number of hydrogen-bond acceptors (Lipinski definition) is 2. The molecule has 0 saturated carbocycles. The molecule has 3 rings (SSSR count). The molecule has 2 nitrogen and oxygen atoms in total. The van der Waals surface area contributed by atoms with Crippen molar-refractivity contribution >= 4 is 5.69 Å². The number of piperazine rings is 1. The van der Waals surface area contributed by atoms with Crippen LogP contribution in [-0.2, 0) is 6.42 Å². The van der Waals surface area contributed by atoms with Crippen LogP contribution in [0.25, 0.3) is 0 Å². The monoisotopic (exact) mass is 214 g/mol. The molecule has 0 N–H and O–H groups in total. The van der Waals surface area contributed by atoms with Crippen LogP contribution in [0.5, 0.6) is 0 Å². The highest BCUT2D eigenvalue weighted by atomic mass is 15.3. The molecule has 2 aliphatic heterocycles. The first kappa shape index (κ1) is 9.91. The van der Waals surface area contributed by atoms with Crippen LogP contribution in [0, 0.1) is 0 Å². The van der Waals surface area contributed by atoms with Gasteiger partial charge in [-0.2, -0.15) is 0 Å². The van der Waals surface area contributed by atoms with Gasteiger partial charge in [0.25, 0.3) is 0 Å². The van der Waals surface area contributed by atoms with E-state index in [4.69, 9.17) is 0 Å². The number of rotatable bonds is 0. The fourth-order valence-corrected chi connectivity index (χ4v) is 2.69. The van der Waals surface area contributed by atoms with Gasteiger partial charge in [0.1, 0.15) is 0 Å². The van der Waals surface area contributed by atoms with Gasteiger partial charge in [0.05, 0.1) is 0 Å². The minimum atomic E-state index is 1.09. The van der Waals surface area contributed by atoms with Gasteiger partial charge < -0.3 is 4.90 Å². The lowest BCUT2D eigenvalue weighted by Gasteiger charge is -2.36. The van der Waals surface area contributed by atoms with Gasteiger partial charge in [0.2, 0.25) is 0 Å². The number of fused-ring (bicyclic) bond motifs is 3. The third-order valence-corrected chi connectivity index (χ3v) is 3.56. The van der Waals surface area contributed by atoms with Crippen molar-refractivity contribution in [3.63, 3.8) is 0 Å². The van der Waals surface area contributed by atoms with Crippen LogP contribution in [0.2, 0.25) is 0 Å². The molecule has 0 unspecified atom stereocenters. The highest BCUT2D eigenvalue weighted by Gasteiger charge is 2.22. The first-order valence-electron chi connectivity index (χ1n) is 6.07. The Bertz CT molecular complexity index is 422. The third-order valence-electron chi connectivity index (χ3n) is 3.56. The summed E-state index contributed by atoms with van der Waals surface area (Å²) in [6.45, 7) is 3.37. The van der Waals surface area contributed by atoms with E-state index in [9.17, 15) is 0 Å². The van der Waals surface area contributed by atoms with E-state index in [0.29, 0.717) is 0 Å². The van der Waals surface area contributed by atoms with E-state index < -0.39 is 0 Å². The fourth-order valence-electron chi connectivity index (χ4n) is 2.69. The molecule has 0 atom stereocenters. The lowest BCUT2D eigenvalue weighted by molar-refractivity contribution is 0.340. The number of likely N-dealkylation sites (N-methyl/N-ethyl adjacent to an activating group) is 1. The number of aryl methyl sites for hydroxylation is 1. The fraction of sp³-hybridized carbons (Fsp3) is 0.429. The smallest absolute Gasteiger partial charge is 0.0441 e. The molecule has 1 fully saturated rings. The van der Waals surface area contributed by atoms with Crippen molar-refractivity contribution in [3.05, 3.63) is 41.6 Å². The number of nitrogens with zero attached hydrogens (tertiary/aromatic N) is 2. The Labute approximate surface area is 97.2 Å². The van der Waals surface area contributed by atoms with E-state index in [2.05, 4.69) is 47.2 Å². The average molecular weight is 214 g/mol. The molecule has 0 radical (unpaired) electrons. The van der Waals surface area contributed by atoms with E-state index in [-0.39, 0.29) is 0 Å². The molecular formula is C14H18N2. The predicted octanol–water partition coefficient (Wildman–Crippen LogP) is 2.27. The molecule has 2 heterocycles. The summed E-state index contributed by atoms with van der Waals surface area (Å²) in [7, 11) is 2.20. The van der Waals surface area contributed by atoms with Crippen molar-refractivity contribution in [3.8, 4) is 0 Å². The standard InChI is InChI=1S/C14H18N2/c1-15-9-10-16-13(11-15)7-4-6-12-5-2-3-8-14(12)16/h2-3,5,7-8H,4,6,9-11H2,1H3. The topological polar surface area (TPSA) is 6.48 Å². The third kappa shape index (κ3) is 1.63. The van der Waals surface area contributed by atoms with E-state index >= 15 is 0 Å². The van der Waals surface area contributed by atoms with Gasteiger partial charge in [0.15, 0.2) is 0 Å². The van der Waals surface area contributed by atoms with Crippen molar-refractivity contribution in [1.82, 2.24) is 4.90 Å². The summed E-state index contributed by atoms with van der Waals surface area (Å²) >= 11 is 0. The van der Waals surface area contributed by atoms with Crippen molar-refractivity contribution in [2.24, 2.45) is 0 Å². The van der Waals surface area contributed by atoms with Gasteiger partial charge >= 0.3 is 0 Å². The highest BCUT2D eigenvalue weighted by molar-refractivity contribution is 5.60. The number of hydrogen-bond donors (Lipinski definition) is 0. The lowest BCUT2D eigenvalue weighted by Crippen LogP contribution is -2.42. The van der Waals surface area contributed by atoms with Gasteiger partial charge in [-0.25, -0.2) is 0 Å². The molecule has 2 heteroatoms. The molecule has 1 saturated heterocycles. The highest BCUT2D eigenvalue weighted by Crippen LogP contribution is 2.30. The molecule has 2 aliphatic rings. The Balaban J connectivity index is 2.01. The van der Waals surface area contributed by atoms with E-state index in [0.717, 1.165) is 19.6 Å². The van der Waals surface area contributed by atoms with Crippen LogP contribution in [0.15, 0.2) is 36.0 Å². The second-order valence-corrected chi connectivity index (χ2v) is 4.75. The van der Waals surface area contributed by atoms with E-state index in [1.165, 1.54) is 29.8 Å². The maximum Gasteiger partial charge on any atom is 0.0441 e. The molecule has 0 aliphatic carbocycles. The molecule has 0 spiro atoms. The van der Waals surface area contributed by atoms with Crippen LogP contribution >= 0.6 is 0 Å². The maximum absolute atomic E-state index is 2.50. The number of anilines is 1. The SMILES string of the molecule is CN1CCN2C(=CCCc3ccccc32)C1. The van der Waals surface area contributed by atoms with Crippen LogP contribution in [0.3, 0.4) is 0 Å². The molecule has 84 valence electrons. The molecule has 1 aromatic rings. The number of para-hydroxylation sites is 1. The quantitative estimate of drug-likeness (QED) is 0.653. The average Bonchev–Trinajstić information content (AvgIpc) is 2.47. The van der Waals surface area contributed by atoms with Crippen LogP contribution < -0.4 is 4.90 Å². The Morgan fingerprint density at radius 3 is 2.94 bits per heavy atom. The van der Waals surface area contributed by atoms with Crippen molar-refractivity contribution < 1.29 is 0 Å². The Kier molecular flexibility index (Phi) is 2.44. The zero-order valence-electron chi connectivity index (χ0n) is 9.82. The summed E-state index contributed by atoms with van der Waals surface area (Å²) in [5.74, 6) is 0. The first-order chi connectivity index (χ1) is 7.84. The summed E-state index contributed by atoms with van der Waals surface area (Å²) in [6.07, 6.45) is 4.77. The zero-order valence-corrected chi connectivity index (χ0v) is 9.82. The summed E-state index contributed by atoms with van der Waals surface area (Å²) in [5.41, 5.74) is 4.41. The summed E-state index contributed by atoms with van der Waals surface area (Å²) < 4.78 is 0. The first-order valence-corrected chi connectivity index (χ1v) is 6.07. The van der Waals surface area contributed by atoms with E-state index in [1.54, 1.807) is 0 Å². The van der Waals surface area contributed by atoms with Gasteiger partial charge in [-0.1, -0.05) is 24.3 Å². The Morgan fingerprint density at radius 1 is 1.12 bits per heavy atom. The molecule has 16 heavy (non-hydrogen) atoms. The summed E-state index contributed by atoms with van der Waals surface area (Å²) in [4.78, 5) is 4.90.